The Morgan fingerprint density at radius 2 is 1.96 bits per heavy atom. The predicted octanol–water partition coefficient (Wildman–Crippen LogP) is 1.92. The normalized spacial score (nSPS) is 15.1. The topological polar surface area (TPSA) is 65.1 Å². The summed E-state index contributed by atoms with van der Waals surface area (Å²) in [5.74, 6) is 0.952. The van der Waals surface area contributed by atoms with Crippen molar-refractivity contribution in [3.05, 3.63) is 54.6 Å². The zero-order chi connectivity index (χ0) is 15.6. The standard InChI is InChI=1S/C17H17N5O/c23-17(14-2-1-13-3-4-19-15(13)11-14)22-9-7-21(8-10-22)16-12-18-5-6-20-16/h1-6,11-12,19H,7-10H2. The Labute approximate surface area is 133 Å². The van der Waals surface area contributed by atoms with Crippen LogP contribution in [0.1, 0.15) is 10.4 Å². The highest BCUT2D eigenvalue weighted by Crippen LogP contribution is 2.17. The van der Waals surface area contributed by atoms with Crippen LogP contribution in [0.3, 0.4) is 0 Å². The van der Waals surface area contributed by atoms with Crippen molar-refractivity contribution >= 4 is 22.6 Å². The van der Waals surface area contributed by atoms with Gasteiger partial charge in [-0.3, -0.25) is 9.78 Å². The molecule has 0 saturated carbocycles. The third-order valence-corrected chi connectivity index (χ3v) is 4.24. The van der Waals surface area contributed by atoms with Gasteiger partial charge in [0.15, 0.2) is 0 Å². The van der Waals surface area contributed by atoms with E-state index in [0.717, 1.165) is 35.4 Å². The summed E-state index contributed by atoms with van der Waals surface area (Å²) >= 11 is 0. The van der Waals surface area contributed by atoms with Crippen LogP contribution >= 0.6 is 0 Å². The first kappa shape index (κ1) is 13.8. The van der Waals surface area contributed by atoms with Crippen molar-refractivity contribution in [3.63, 3.8) is 0 Å². The number of anilines is 1. The molecule has 6 nitrogen and oxygen atoms in total. The molecule has 2 aromatic heterocycles. The number of aromatic nitrogens is 3. The molecule has 4 rings (SSSR count). The molecule has 0 radical (unpaired) electrons. The fourth-order valence-electron chi connectivity index (χ4n) is 2.96. The Balaban J connectivity index is 1.46. The molecule has 1 aliphatic rings. The summed E-state index contributed by atoms with van der Waals surface area (Å²) in [6.07, 6.45) is 7.01. The fraction of sp³-hybridized carbons (Fsp3) is 0.235. The molecule has 0 spiro atoms. The van der Waals surface area contributed by atoms with E-state index in [0.29, 0.717) is 13.1 Å². The lowest BCUT2D eigenvalue weighted by molar-refractivity contribution is 0.0746. The first-order valence-electron chi connectivity index (χ1n) is 7.69. The van der Waals surface area contributed by atoms with Crippen molar-refractivity contribution in [2.45, 2.75) is 0 Å². The molecule has 3 aromatic rings. The summed E-state index contributed by atoms with van der Waals surface area (Å²) in [6, 6.07) is 7.80. The Bertz CT molecular complexity index is 821. The number of aromatic amines is 1. The summed E-state index contributed by atoms with van der Waals surface area (Å²) in [4.78, 5) is 28.3. The fourth-order valence-corrected chi connectivity index (χ4v) is 2.96. The van der Waals surface area contributed by atoms with Crippen molar-refractivity contribution < 1.29 is 4.79 Å². The molecule has 6 heteroatoms. The van der Waals surface area contributed by atoms with Crippen LogP contribution in [0.4, 0.5) is 5.82 Å². The third kappa shape index (κ3) is 2.63. The minimum atomic E-state index is 0.0836. The average Bonchev–Trinajstić information content (AvgIpc) is 3.10. The maximum Gasteiger partial charge on any atom is 0.254 e. The van der Waals surface area contributed by atoms with Crippen LogP contribution in [0.5, 0.6) is 0 Å². The summed E-state index contributed by atoms with van der Waals surface area (Å²) in [5.41, 5.74) is 1.72. The average molecular weight is 307 g/mol. The van der Waals surface area contributed by atoms with Crippen LogP contribution in [-0.4, -0.2) is 51.9 Å². The minimum absolute atomic E-state index is 0.0836. The molecule has 0 aliphatic carbocycles. The number of nitrogens with zero attached hydrogens (tertiary/aromatic N) is 4. The largest absolute Gasteiger partial charge is 0.361 e. The maximum absolute atomic E-state index is 12.7. The molecule has 0 bridgehead atoms. The number of rotatable bonds is 2. The molecule has 1 aromatic carbocycles. The lowest BCUT2D eigenvalue weighted by Crippen LogP contribution is -2.49. The first-order chi connectivity index (χ1) is 11.3. The van der Waals surface area contributed by atoms with E-state index in [4.69, 9.17) is 0 Å². The van der Waals surface area contributed by atoms with Crippen molar-refractivity contribution in [1.82, 2.24) is 19.9 Å². The SMILES string of the molecule is O=C(c1ccc2cc[nH]c2c1)N1CCN(c2cnccn2)CC1. The molecule has 1 saturated heterocycles. The van der Waals surface area contributed by atoms with E-state index >= 15 is 0 Å². The van der Waals surface area contributed by atoms with E-state index in [2.05, 4.69) is 19.9 Å². The monoisotopic (exact) mass is 307 g/mol. The molecule has 3 heterocycles. The molecule has 116 valence electrons. The van der Waals surface area contributed by atoms with Gasteiger partial charge in [0.1, 0.15) is 5.82 Å². The molecular weight excluding hydrogens is 290 g/mol. The van der Waals surface area contributed by atoms with Crippen LogP contribution in [0.2, 0.25) is 0 Å². The van der Waals surface area contributed by atoms with Gasteiger partial charge in [0.05, 0.1) is 6.20 Å². The second-order valence-electron chi connectivity index (χ2n) is 5.62. The number of nitrogens with one attached hydrogen (secondary N) is 1. The lowest BCUT2D eigenvalue weighted by Gasteiger charge is -2.35. The van der Waals surface area contributed by atoms with Gasteiger partial charge >= 0.3 is 0 Å². The van der Waals surface area contributed by atoms with Gasteiger partial charge < -0.3 is 14.8 Å². The van der Waals surface area contributed by atoms with Gasteiger partial charge in [-0.15, -0.1) is 0 Å². The van der Waals surface area contributed by atoms with Gasteiger partial charge in [-0.1, -0.05) is 6.07 Å². The van der Waals surface area contributed by atoms with E-state index in [1.54, 1.807) is 18.6 Å². The maximum atomic E-state index is 12.7. The highest BCUT2D eigenvalue weighted by atomic mass is 16.2. The van der Waals surface area contributed by atoms with E-state index in [-0.39, 0.29) is 5.91 Å². The Kier molecular flexibility index (Phi) is 3.42. The first-order valence-corrected chi connectivity index (χ1v) is 7.69. The number of hydrogen-bond donors (Lipinski definition) is 1. The number of hydrogen-bond acceptors (Lipinski definition) is 4. The molecule has 1 fully saturated rings. The van der Waals surface area contributed by atoms with Crippen LogP contribution in [0.25, 0.3) is 10.9 Å². The van der Waals surface area contributed by atoms with Crippen LogP contribution in [0, 0.1) is 0 Å². The molecule has 0 unspecified atom stereocenters. The van der Waals surface area contributed by atoms with Crippen molar-refractivity contribution in [3.8, 4) is 0 Å². The number of carbonyl (C=O) groups is 1. The Hall–Kier alpha value is -2.89. The summed E-state index contributed by atoms with van der Waals surface area (Å²) in [6.45, 7) is 2.93. The second kappa shape index (κ2) is 5.72. The number of fused-ring (bicyclic) bond motifs is 1. The van der Waals surface area contributed by atoms with Crippen LogP contribution < -0.4 is 4.90 Å². The summed E-state index contributed by atoms with van der Waals surface area (Å²) < 4.78 is 0. The van der Waals surface area contributed by atoms with Crippen LogP contribution in [0.15, 0.2) is 49.1 Å². The number of piperazine rings is 1. The smallest absolute Gasteiger partial charge is 0.254 e. The van der Waals surface area contributed by atoms with Gasteiger partial charge in [-0.05, 0) is 23.6 Å². The molecule has 1 amide bonds. The van der Waals surface area contributed by atoms with Gasteiger partial charge in [0.2, 0.25) is 0 Å². The Morgan fingerprint density at radius 3 is 2.74 bits per heavy atom. The Morgan fingerprint density at radius 1 is 1.09 bits per heavy atom. The van der Waals surface area contributed by atoms with E-state index in [1.807, 2.05) is 35.4 Å². The molecular formula is C17H17N5O. The zero-order valence-electron chi connectivity index (χ0n) is 12.6. The highest BCUT2D eigenvalue weighted by Gasteiger charge is 2.23. The molecule has 1 N–H and O–H groups in total. The van der Waals surface area contributed by atoms with Crippen molar-refractivity contribution in [2.24, 2.45) is 0 Å². The highest BCUT2D eigenvalue weighted by molar-refractivity contribution is 5.98. The predicted molar refractivity (Wildman–Crippen MR) is 88.4 cm³/mol. The molecule has 1 aliphatic heterocycles. The summed E-state index contributed by atoms with van der Waals surface area (Å²) in [7, 11) is 0. The van der Waals surface area contributed by atoms with Gasteiger partial charge in [-0.25, -0.2) is 4.98 Å². The minimum Gasteiger partial charge on any atom is -0.361 e. The van der Waals surface area contributed by atoms with E-state index in [1.165, 1.54) is 0 Å². The molecule has 0 atom stereocenters. The van der Waals surface area contributed by atoms with E-state index < -0.39 is 0 Å². The van der Waals surface area contributed by atoms with Gasteiger partial charge in [0, 0.05) is 55.8 Å². The molecule has 23 heavy (non-hydrogen) atoms. The zero-order valence-corrected chi connectivity index (χ0v) is 12.6. The van der Waals surface area contributed by atoms with E-state index in [9.17, 15) is 4.79 Å². The summed E-state index contributed by atoms with van der Waals surface area (Å²) in [5, 5.41) is 1.12. The van der Waals surface area contributed by atoms with Crippen molar-refractivity contribution in [1.29, 1.82) is 0 Å². The number of H-pyrrole nitrogens is 1. The quantitative estimate of drug-likeness (QED) is 0.785. The van der Waals surface area contributed by atoms with Gasteiger partial charge in [0.25, 0.3) is 5.91 Å². The number of carbonyl (C=O) groups excluding carboxylic acids is 1. The second-order valence-corrected chi connectivity index (χ2v) is 5.62. The third-order valence-electron chi connectivity index (χ3n) is 4.24. The van der Waals surface area contributed by atoms with Gasteiger partial charge in [-0.2, -0.15) is 0 Å². The lowest BCUT2D eigenvalue weighted by atomic mass is 10.1. The number of benzene rings is 1. The van der Waals surface area contributed by atoms with Crippen molar-refractivity contribution in [2.75, 3.05) is 31.1 Å². The number of amides is 1. The van der Waals surface area contributed by atoms with Crippen LogP contribution in [-0.2, 0) is 0 Å².